The van der Waals surface area contributed by atoms with Gasteiger partial charge in [0, 0.05) is 11.3 Å². The Bertz CT molecular complexity index is 574. The van der Waals surface area contributed by atoms with Crippen LogP contribution in [0, 0.1) is 6.92 Å². The van der Waals surface area contributed by atoms with Crippen molar-refractivity contribution in [3.05, 3.63) is 28.3 Å². The Morgan fingerprint density at radius 1 is 1.17 bits per heavy atom. The first kappa shape index (κ1) is 11.7. The zero-order valence-electron chi connectivity index (χ0n) is 10.6. The van der Waals surface area contributed by atoms with E-state index >= 15 is 0 Å². The van der Waals surface area contributed by atoms with Crippen LogP contribution >= 0.6 is 11.3 Å². The van der Waals surface area contributed by atoms with Gasteiger partial charge >= 0.3 is 0 Å². The van der Waals surface area contributed by atoms with Gasteiger partial charge in [-0.1, -0.05) is 6.42 Å². The van der Waals surface area contributed by atoms with Crippen LogP contribution in [0.2, 0.25) is 0 Å². The molecule has 4 heteroatoms. The van der Waals surface area contributed by atoms with E-state index in [9.17, 15) is 0 Å². The second-order valence-electron chi connectivity index (χ2n) is 4.85. The number of hydrogen-bond donors (Lipinski definition) is 1. The molecule has 2 aromatic rings. The van der Waals surface area contributed by atoms with E-state index in [1.54, 1.807) is 11.3 Å². The third kappa shape index (κ3) is 2.01. The molecule has 1 aliphatic rings. The third-order valence-electron chi connectivity index (χ3n) is 3.53. The lowest BCUT2D eigenvalue weighted by molar-refractivity contribution is 0.709. The van der Waals surface area contributed by atoms with Crippen LogP contribution in [0.1, 0.15) is 36.1 Å². The summed E-state index contributed by atoms with van der Waals surface area (Å²) in [5.41, 5.74) is 9.71. The Hall–Kier alpha value is -1.42. The summed E-state index contributed by atoms with van der Waals surface area (Å²) in [6.07, 6.45) is 5.76. The SMILES string of the molecule is Cc1ccsc1-c1nc(N)c2c(n1)CCCCC2. The van der Waals surface area contributed by atoms with Gasteiger partial charge in [-0.3, -0.25) is 0 Å². The highest BCUT2D eigenvalue weighted by atomic mass is 32.1. The molecule has 0 aromatic carbocycles. The summed E-state index contributed by atoms with van der Waals surface area (Å²) in [5, 5.41) is 2.08. The number of hydrogen-bond acceptors (Lipinski definition) is 4. The number of rotatable bonds is 1. The van der Waals surface area contributed by atoms with Gasteiger partial charge in [0.2, 0.25) is 0 Å². The Morgan fingerprint density at radius 2 is 2.00 bits per heavy atom. The number of anilines is 1. The van der Waals surface area contributed by atoms with Gasteiger partial charge in [0.15, 0.2) is 5.82 Å². The zero-order valence-corrected chi connectivity index (χ0v) is 11.4. The van der Waals surface area contributed by atoms with Crippen LogP contribution in [0.15, 0.2) is 11.4 Å². The highest BCUT2D eigenvalue weighted by Gasteiger charge is 2.16. The van der Waals surface area contributed by atoms with Crippen molar-refractivity contribution < 1.29 is 0 Å². The lowest BCUT2D eigenvalue weighted by Gasteiger charge is -2.10. The average Bonchev–Trinajstić information content (AvgIpc) is 2.63. The van der Waals surface area contributed by atoms with Gasteiger partial charge in [0.1, 0.15) is 5.82 Å². The molecule has 0 fully saturated rings. The molecule has 0 amide bonds. The highest BCUT2D eigenvalue weighted by Crippen LogP contribution is 2.30. The standard InChI is InChI=1S/C14H17N3S/c1-9-7-8-18-12(9)14-16-11-6-4-2-3-5-10(11)13(15)17-14/h7-8H,2-6H2,1H3,(H2,15,16,17). The van der Waals surface area contributed by atoms with Crippen molar-refractivity contribution in [2.24, 2.45) is 0 Å². The van der Waals surface area contributed by atoms with Crippen molar-refractivity contribution >= 4 is 17.2 Å². The average molecular weight is 259 g/mol. The van der Waals surface area contributed by atoms with E-state index in [1.165, 1.54) is 36.1 Å². The van der Waals surface area contributed by atoms with Crippen LogP contribution in [-0.4, -0.2) is 9.97 Å². The molecule has 0 radical (unpaired) electrons. The van der Waals surface area contributed by atoms with Crippen LogP contribution in [0.25, 0.3) is 10.7 Å². The van der Waals surface area contributed by atoms with E-state index < -0.39 is 0 Å². The van der Waals surface area contributed by atoms with Gasteiger partial charge in [-0.2, -0.15) is 0 Å². The Kier molecular flexibility index (Phi) is 3.04. The molecule has 2 heterocycles. The maximum Gasteiger partial charge on any atom is 0.172 e. The first-order valence-electron chi connectivity index (χ1n) is 6.45. The summed E-state index contributed by atoms with van der Waals surface area (Å²) < 4.78 is 0. The first-order chi connectivity index (χ1) is 8.75. The molecule has 0 saturated carbocycles. The number of nitrogens with zero attached hydrogens (tertiary/aromatic N) is 2. The van der Waals surface area contributed by atoms with Crippen molar-refractivity contribution in [1.29, 1.82) is 0 Å². The molecule has 3 rings (SSSR count). The van der Waals surface area contributed by atoms with E-state index in [2.05, 4.69) is 23.4 Å². The molecule has 0 spiro atoms. The zero-order chi connectivity index (χ0) is 12.5. The van der Waals surface area contributed by atoms with Gasteiger partial charge in [-0.15, -0.1) is 11.3 Å². The summed E-state index contributed by atoms with van der Waals surface area (Å²) in [5.74, 6) is 1.49. The molecule has 3 nitrogen and oxygen atoms in total. The van der Waals surface area contributed by atoms with Crippen molar-refractivity contribution in [2.45, 2.75) is 39.0 Å². The van der Waals surface area contributed by atoms with E-state index in [0.717, 1.165) is 23.5 Å². The van der Waals surface area contributed by atoms with E-state index in [0.29, 0.717) is 5.82 Å². The smallest absolute Gasteiger partial charge is 0.172 e. The predicted molar refractivity (Wildman–Crippen MR) is 75.8 cm³/mol. The van der Waals surface area contributed by atoms with Crippen LogP contribution in [0.4, 0.5) is 5.82 Å². The van der Waals surface area contributed by atoms with Crippen molar-refractivity contribution in [3.63, 3.8) is 0 Å². The minimum atomic E-state index is 0.685. The Morgan fingerprint density at radius 3 is 2.78 bits per heavy atom. The van der Waals surface area contributed by atoms with Crippen LogP contribution in [-0.2, 0) is 12.8 Å². The molecule has 2 aromatic heterocycles. The van der Waals surface area contributed by atoms with Crippen molar-refractivity contribution in [3.8, 4) is 10.7 Å². The lowest BCUT2D eigenvalue weighted by atomic mass is 10.1. The molecule has 0 saturated heterocycles. The molecule has 0 unspecified atom stereocenters. The van der Waals surface area contributed by atoms with Crippen LogP contribution < -0.4 is 5.73 Å². The summed E-state index contributed by atoms with van der Waals surface area (Å²) in [6, 6.07) is 2.10. The molecule has 0 bridgehead atoms. The second-order valence-corrected chi connectivity index (χ2v) is 5.77. The molecule has 0 atom stereocenters. The quantitative estimate of drug-likeness (QED) is 0.799. The molecule has 1 aliphatic carbocycles. The Balaban J connectivity index is 2.11. The molecular weight excluding hydrogens is 242 g/mol. The van der Waals surface area contributed by atoms with Gasteiger partial charge in [-0.05, 0) is 49.6 Å². The summed E-state index contributed by atoms with van der Waals surface area (Å²) in [4.78, 5) is 10.4. The largest absolute Gasteiger partial charge is 0.383 e. The van der Waals surface area contributed by atoms with Crippen molar-refractivity contribution in [1.82, 2.24) is 9.97 Å². The van der Waals surface area contributed by atoms with Gasteiger partial charge in [-0.25, -0.2) is 9.97 Å². The van der Waals surface area contributed by atoms with Crippen molar-refractivity contribution in [2.75, 3.05) is 5.73 Å². The number of fused-ring (bicyclic) bond motifs is 1. The lowest BCUT2D eigenvalue weighted by Crippen LogP contribution is -2.06. The normalized spacial score (nSPS) is 15.2. The summed E-state index contributed by atoms with van der Waals surface area (Å²) >= 11 is 1.69. The van der Waals surface area contributed by atoms with Gasteiger partial charge in [0.05, 0.1) is 4.88 Å². The topological polar surface area (TPSA) is 51.8 Å². The number of thiophene rings is 1. The Labute approximate surface area is 111 Å². The van der Waals surface area contributed by atoms with E-state index in [-0.39, 0.29) is 0 Å². The molecule has 0 aliphatic heterocycles. The monoisotopic (exact) mass is 259 g/mol. The van der Waals surface area contributed by atoms with Gasteiger partial charge < -0.3 is 5.73 Å². The maximum atomic E-state index is 6.12. The maximum absolute atomic E-state index is 6.12. The second kappa shape index (κ2) is 4.69. The number of nitrogens with two attached hydrogens (primary N) is 1. The number of aryl methyl sites for hydroxylation is 2. The number of nitrogen functional groups attached to an aromatic ring is 1. The predicted octanol–water partition coefficient (Wildman–Crippen LogP) is 3.36. The fourth-order valence-electron chi connectivity index (χ4n) is 2.50. The summed E-state index contributed by atoms with van der Waals surface area (Å²) in [7, 11) is 0. The van der Waals surface area contributed by atoms with Gasteiger partial charge in [0.25, 0.3) is 0 Å². The minimum absolute atomic E-state index is 0.685. The summed E-state index contributed by atoms with van der Waals surface area (Å²) in [6.45, 7) is 2.09. The fraction of sp³-hybridized carbons (Fsp3) is 0.429. The van der Waals surface area contributed by atoms with E-state index in [1.807, 2.05) is 0 Å². The van der Waals surface area contributed by atoms with Crippen LogP contribution in [0.3, 0.4) is 0 Å². The molecule has 94 valence electrons. The minimum Gasteiger partial charge on any atom is -0.383 e. The van der Waals surface area contributed by atoms with E-state index in [4.69, 9.17) is 10.7 Å². The fourth-order valence-corrected chi connectivity index (χ4v) is 3.36. The molecule has 18 heavy (non-hydrogen) atoms. The number of aromatic nitrogens is 2. The highest BCUT2D eigenvalue weighted by molar-refractivity contribution is 7.13. The van der Waals surface area contributed by atoms with Crippen LogP contribution in [0.5, 0.6) is 0 Å². The molecule has 2 N–H and O–H groups in total. The molecular formula is C14H17N3S. The third-order valence-corrected chi connectivity index (χ3v) is 4.54. The first-order valence-corrected chi connectivity index (χ1v) is 7.33.